The molecule has 4 fully saturated rings. The lowest BCUT2D eigenvalue weighted by Gasteiger charge is -2.32. The van der Waals surface area contributed by atoms with E-state index in [0.717, 1.165) is 71.9 Å². The van der Waals surface area contributed by atoms with Crippen molar-refractivity contribution in [2.45, 2.75) is 85.2 Å². The van der Waals surface area contributed by atoms with Crippen LogP contribution in [0.2, 0.25) is 0 Å². The number of rotatable bonds is 12. The molecule has 0 spiro atoms. The molecule has 2 aromatic rings. The first-order valence-electron chi connectivity index (χ1n) is 17.1. The number of amides is 2. The van der Waals surface area contributed by atoms with Crippen LogP contribution in [-0.2, 0) is 11.3 Å². The van der Waals surface area contributed by atoms with Crippen LogP contribution in [0.5, 0.6) is 0 Å². The topological polar surface area (TPSA) is 130 Å². The Morgan fingerprint density at radius 2 is 1.87 bits per heavy atom. The summed E-state index contributed by atoms with van der Waals surface area (Å²) >= 11 is 0. The standard InChI is InChI=1S/C37H50N6O3/c1-22(2)41-33-16-28(15-30(31(33)20-38)35(45)40-21-32-23(3)11-24(4)42-36(32)46)27-5-8-43(9-6-27)10-7-39-34(44)19-37-17-25-12-26(18-37)14-29(37)13-25/h5,11,15-16,20,22,25-26,29,38,41H,6-10,12-14,17-19,21H2,1-4H3,(H,39,44)(H,40,45)(H,42,46). The Labute approximate surface area is 272 Å². The van der Waals surface area contributed by atoms with Crippen LogP contribution in [-0.4, -0.2) is 60.1 Å². The highest BCUT2D eigenvalue weighted by atomic mass is 16.2. The lowest BCUT2D eigenvalue weighted by atomic mass is 9.73. The maximum Gasteiger partial charge on any atom is 0.253 e. The molecule has 5 N–H and O–H groups in total. The van der Waals surface area contributed by atoms with Gasteiger partial charge in [0.2, 0.25) is 5.91 Å². The van der Waals surface area contributed by atoms with Crippen LogP contribution in [0.15, 0.2) is 29.1 Å². The van der Waals surface area contributed by atoms with Crippen molar-refractivity contribution >= 4 is 29.3 Å². The van der Waals surface area contributed by atoms with Gasteiger partial charge in [0.25, 0.3) is 11.5 Å². The molecule has 7 rings (SSSR count). The Morgan fingerprint density at radius 1 is 1.11 bits per heavy atom. The fourth-order valence-electron chi connectivity index (χ4n) is 9.14. The van der Waals surface area contributed by atoms with E-state index >= 15 is 0 Å². The van der Waals surface area contributed by atoms with Crippen molar-refractivity contribution in [3.63, 3.8) is 0 Å². The quantitative estimate of drug-likeness (QED) is 0.208. The van der Waals surface area contributed by atoms with Gasteiger partial charge in [-0.25, -0.2) is 0 Å². The SMILES string of the molecule is Cc1cc(C)c(CNC(=O)c2cc(C3=CCN(CCNC(=O)CC45CC6CC(CC4C6)C5)CC3)cc(NC(C)C)c2C=N)c(=O)[nH]1. The first kappa shape index (κ1) is 32.2. The molecule has 0 saturated heterocycles. The minimum atomic E-state index is -0.321. The third kappa shape index (κ3) is 6.70. The van der Waals surface area contributed by atoms with E-state index < -0.39 is 0 Å². The smallest absolute Gasteiger partial charge is 0.253 e. The molecule has 0 radical (unpaired) electrons. The molecular weight excluding hydrogens is 576 g/mol. The van der Waals surface area contributed by atoms with Gasteiger partial charge >= 0.3 is 0 Å². The largest absolute Gasteiger partial charge is 0.382 e. The molecule has 1 aromatic heterocycles. The highest BCUT2D eigenvalue weighted by molar-refractivity contribution is 6.06. The lowest BCUT2D eigenvalue weighted by Crippen LogP contribution is -2.39. The van der Waals surface area contributed by atoms with Crippen molar-refractivity contribution < 1.29 is 9.59 Å². The van der Waals surface area contributed by atoms with Crippen LogP contribution in [0.3, 0.4) is 0 Å². The molecule has 2 amide bonds. The Bertz CT molecular complexity index is 1590. The lowest BCUT2D eigenvalue weighted by molar-refractivity contribution is -0.124. The maximum atomic E-state index is 13.6. The molecule has 1 aliphatic heterocycles. The van der Waals surface area contributed by atoms with Gasteiger partial charge in [-0.3, -0.25) is 19.3 Å². The highest BCUT2D eigenvalue weighted by Gasteiger charge is 2.57. The molecule has 2 atom stereocenters. The average Bonchev–Trinajstić information content (AvgIpc) is 3.37. The number of aromatic amines is 1. The van der Waals surface area contributed by atoms with E-state index in [9.17, 15) is 14.4 Å². The minimum Gasteiger partial charge on any atom is -0.382 e. The van der Waals surface area contributed by atoms with E-state index in [1.165, 1.54) is 38.3 Å². The molecule has 2 unspecified atom stereocenters. The number of nitrogens with zero attached hydrogens (tertiary/aromatic N) is 1. The maximum absolute atomic E-state index is 13.6. The zero-order chi connectivity index (χ0) is 32.6. The number of hydrogen-bond donors (Lipinski definition) is 5. The highest BCUT2D eigenvalue weighted by Crippen LogP contribution is 2.66. The summed E-state index contributed by atoms with van der Waals surface area (Å²) in [4.78, 5) is 44.2. The zero-order valence-electron chi connectivity index (χ0n) is 27.9. The normalized spacial score (nSPS) is 25.1. The van der Waals surface area contributed by atoms with E-state index in [0.29, 0.717) is 35.1 Å². The number of aryl methyl sites for hydroxylation is 2. The van der Waals surface area contributed by atoms with Crippen molar-refractivity contribution in [3.8, 4) is 0 Å². The van der Waals surface area contributed by atoms with Gasteiger partial charge in [0, 0.05) is 73.9 Å². The van der Waals surface area contributed by atoms with Gasteiger partial charge in [-0.15, -0.1) is 0 Å². The zero-order valence-corrected chi connectivity index (χ0v) is 27.9. The molecule has 4 aliphatic carbocycles. The summed E-state index contributed by atoms with van der Waals surface area (Å²) in [5.74, 6) is 2.43. The van der Waals surface area contributed by atoms with Gasteiger partial charge in [-0.2, -0.15) is 0 Å². The number of benzene rings is 1. The van der Waals surface area contributed by atoms with Crippen molar-refractivity contribution in [1.82, 2.24) is 20.5 Å². The molecule has 46 heavy (non-hydrogen) atoms. The van der Waals surface area contributed by atoms with Crippen LogP contribution < -0.4 is 21.5 Å². The van der Waals surface area contributed by atoms with Gasteiger partial charge in [0.1, 0.15) is 0 Å². The van der Waals surface area contributed by atoms with Gasteiger partial charge in [-0.05, 0) is 124 Å². The first-order valence-corrected chi connectivity index (χ1v) is 17.1. The van der Waals surface area contributed by atoms with Gasteiger partial charge < -0.3 is 26.3 Å². The number of pyridine rings is 1. The van der Waals surface area contributed by atoms with E-state index in [2.05, 4.69) is 31.9 Å². The van der Waals surface area contributed by atoms with Gasteiger partial charge in [0.05, 0.1) is 5.56 Å². The molecule has 246 valence electrons. The third-order valence-electron chi connectivity index (χ3n) is 11.0. The summed E-state index contributed by atoms with van der Waals surface area (Å²) < 4.78 is 0. The molecule has 2 heterocycles. The fourth-order valence-corrected chi connectivity index (χ4v) is 9.14. The summed E-state index contributed by atoms with van der Waals surface area (Å²) in [5.41, 5.74) is 6.01. The van der Waals surface area contributed by atoms with Gasteiger partial charge in [-0.1, -0.05) is 6.08 Å². The second kappa shape index (κ2) is 13.2. The van der Waals surface area contributed by atoms with E-state index in [4.69, 9.17) is 5.41 Å². The summed E-state index contributed by atoms with van der Waals surface area (Å²) in [6.45, 7) is 11.0. The first-order chi connectivity index (χ1) is 22.0. The van der Waals surface area contributed by atoms with Crippen molar-refractivity contribution in [2.75, 3.05) is 31.5 Å². The fraction of sp³-hybridized carbons (Fsp3) is 0.568. The van der Waals surface area contributed by atoms with Crippen LogP contribution in [0.25, 0.3) is 5.57 Å². The predicted octanol–water partition coefficient (Wildman–Crippen LogP) is 5.16. The summed E-state index contributed by atoms with van der Waals surface area (Å²) in [6, 6.07) is 5.92. The molecule has 4 bridgehead atoms. The number of carbonyl (C=O) groups is 2. The van der Waals surface area contributed by atoms with E-state index in [-0.39, 0.29) is 30.0 Å². The molecule has 9 heteroatoms. The summed E-state index contributed by atoms with van der Waals surface area (Å²) in [5, 5.41) is 17.7. The van der Waals surface area contributed by atoms with E-state index in [1.807, 2.05) is 45.9 Å². The molecular formula is C37H50N6O3. The van der Waals surface area contributed by atoms with Crippen LogP contribution in [0.1, 0.15) is 97.1 Å². The second-order valence-corrected chi connectivity index (χ2v) is 14.8. The summed E-state index contributed by atoms with van der Waals surface area (Å²) in [7, 11) is 0. The predicted molar refractivity (Wildman–Crippen MR) is 183 cm³/mol. The Kier molecular flexibility index (Phi) is 9.24. The Morgan fingerprint density at radius 3 is 2.52 bits per heavy atom. The molecule has 4 saturated carbocycles. The van der Waals surface area contributed by atoms with Crippen LogP contribution in [0.4, 0.5) is 5.69 Å². The number of H-pyrrole nitrogens is 1. The van der Waals surface area contributed by atoms with Crippen molar-refractivity contribution in [3.05, 3.63) is 68.1 Å². The molecule has 9 nitrogen and oxygen atoms in total. The Hall–Kier alpha value is -3.72. The number of aromatic nitrogens is 1. The van der Waals surface area contributed by atoms with Crippen molar-refractivity contribution in [1.29, 1.82) is 5.41 Å². The molecule has 5 aliphatic rings. The number of hydrogen-bond acceptors (Lipinski definition) is 6. The number of carbonyl (C=O) groups excluding carboxylic acids is 2. The second-order valence-electron chi connectivity index (χ2n) is 14.8. The minimum absolute atomic E-state index is 0.103. The van der Waals surface area contributed by atoms with Crippen molar-refractivity contribution in [2.24, 2.45) is 23.2 Å². The van der Waals surface area contributed by atoms with Crippen LogP contribution in [0, 0.1) is 42.4 Å². The number of nitrogens with one attached hydrogen (secondary N) is 5. The Balaban J connectivity index is 1.09. The van der Waals surface area contributed by atoms with E-state index in [1.54, 1.807) is 0 Å². The van der Waals surface area contributed by atoms with Crippen LogP contribution >= 0.6 is 0 Å². The summed E-state index contributed by atoms with van der Waals surface area (Å²) in [6.07, 6.45) is 11.6. The van der Waals surface area contributed by atoms with Gasteiger partial charge in [0.15, 0.2) is 0 Å². The molecule has 1 aromatic carbocycles. The monoisotopic (exact) mass is 626 g/mol. The third-order valence-corrected chi connectivity index (χ3v) is 11.0. The average molecular weight is 627 g/mol. The number of anilines is 1.